The Hall–Kier alpha value is -1.64. The molecule has 146 valence electrons. The average molecular weight is 384 g/mol. The Labute approximate surface area is 156 Å². The van der Waals surface area contributed by atoms with Crippen LogP contribution in [0.25, 0.3) is 0 Å². The quantitative estimate of drug-likeness (QED) is 0.734. The average Bonchev–Trinajstić information content (AvgIpc) is 3.10. The van der Waals surface area contributed by atoms with Crippen LogP contribution in [0.2, 0.25) is 0 Å². The number of carbonyl (C=O) groups excluding carboxylic acids is 1. The third-order valence-electron chi connectivity index (χ3n) is 4.81. The number of methoxy groups -OCH3 is 1. The third-order valence-corrected chi connectivity index (χ3v) is 6.86. The van der Waals surface area contributed by atoms with Crippen molar-refractivity contribution >= 4 is 15.9 Å². The second-order valence-electron chi connectivity index (χ2n) is 6.41. The highest BCUT2D eigenvalue weighted by atomic mass is 32.2. The number of amides is 1. The van der Waals surface area contributed by atoms with Crippen molar-refractivity contribution in [2.45, 2.75) is 25.2 Å². The summed E-state index contributed by atoms with van der Waals surface area (Å²) in [5, 5.41) is 3.14. The molecule has 8 heteroatoms. The summed E-state index contributed by atoms with van der Waals surface area (Å²) >= 11 is 0. The fourth-order valence-electron chi connectivity index (χ4n) is 3.37. The largest absolute Gasteiger partial charge is 0.496 e. The van der Waals surface area contributed by atoms with Gasteiger partial charge in [0.1, 0.15) is 5.75 Å². The Morgan fingerprint density at radius 1 is 1.35 bits per heavy atom. The number of hydrogen-bond donors (Lipinski definition) is 1. The first-order valence-electron chi connectivity index (χ1n) is 9.01. The van der Waals surface area contributed by atoms with Crippen molar-refractivity contribution in [2.75, 3.05) is 46.9 Å². The molecule has 1 amide bonds. The molecule has 1 N–H and O–H groups in total. The number of rotatable bonds is 8. The van der Waals surface area contributed by atoms with Crippen LogP contribution in [-0.4, -0.2) is 70.4 Å². The molecule has 2 rings (SSSR count). The van der Waals surface area contributed by atoms with E-state index in [9.17, 15) is 13.2 Å². The first-order chi connectivity index (χ1) is 12.4. The minimum atomic E-state index is -3.63. The van der Waals surface area contributed by atoms with E-state index in [2.05, 4.69) is 5.32 Å². The van der Waals surface area contributed by atoms with Gasteiger partial charge in [0.05, 0.1) is 17.6 Å². The van der Waals surface area contributed by atoms with Gasteiger partial charge in [0, 0.05) is 26.2 Å². The van der Waals surface area contributed by atoms with Crippen molar-refractivity contribution in [1.82, 2.24) is 14.5 Å². The van der Waals surface area contributed by atoms with Crippen molar-refractivity contribution in [3.8, 4) is 5.75 Å². The van der Waals surface area contributed by atoms with E-state index in [0.717, 1.165) is 13.0 Å². The van der Waals surface area contributed by atoms with E-state index in [1.807, 2.05) is 7.05 Å². The molecule has 0 spiro atoms. The summed E-state index contributed by atoms with van der Waals surface area (Å²) in [6, 6.07) is 4.50. The highest BCUT2D eigenvalue weighted by Gasteiger charge is 2.30. The fraction of sp³-hybridized carbons (Fsp3) is 0.611. The van der Waals surface area contributed by atoms with Crippen molar-refractivity contribution in [3.63, 3.8) is 0 Å². The van der Waals surface area contributed by atoms with Gasteiger partial charge in [-0.05, 0) is 44.1 Å². The number of carbonyl (C=O) groups is 1. The van der Waals surface area contributed by atoms with E-state index >= 15 is 0 Å². The van der Waals surface area contributed by atoms with Gasteiger partial charge < -0.3 is 15.0 Å². The molecule has 0 bridgehead atoms. The van der Waals surface area contributed by atoms with Crippen LogP contribution >= 0.6 is 0 Å². The molecule has 7 nitrogen and oxygen atoms in total. The maximum absolute atomic E-state index is 13.0. The molecule has 1 unspecified atom stereocenters. The highest BCUT2D eigenvalue weighted by molar-refractivity contribution is 7.89. The summed E-state index contributed by atoms with van der Waals surface area (Å²) in [5.41, 5.74) is 0.297. The predicted molar refractivity (Wildman–Crippen MR) is 101 cm³/mol. The molecule has 1 saturated heterocycles. The van der Waals surface area contributed by atoms with Gasteiger partial charge in [-0.25, -0.2) is 8.42 Å². The number of ether oxygens (including phenoxy) is 1. The van der Waals surface area contributed by atoms with Crippen LogP contribution in [0.5, 0.6) is 5.75 Å². The first kappa shape index (κ1) is 20.7. The Kier molecular flexibility index (Phi) is 7.02. The number of benzene rings is 1. The molecular formula is C18H29N3O4S. The van der Waals surface area contributed by atoms with Crippen molar-refractivity contribution < 1.29 is 17.9 Å². The molecular weight excluding hydrogens is 354 g/mol. The summed E-state index contributed by atoms with van der Waals surface area (Å²) in [6.45, 7) is 6.54. The second-order valence-corrected chi connectivity index (χ2v) is 8.35. The van der Waals surface area contributed by atoms with Crippen molar-refractivity contribution in [2.24, 2.45) is 5.92 Å². The van der Waals surface area contributed by atoms with Crippen LogP contribution in [0.4, 0.5) is 0 Å². The molecule has 1 atom stereocenters. The van der Waals surface area contributed by atoms with Crippen molar-refractivity contribution in [1.29, 1.82) is 0 Å². The van der Waals surface area contributed by atoms with E-state index in [0.29, 0.717) is 43.4 Å². The van der Waals surface area contributed by atoms with E-state index in [4.69, 9.17) is 4.74 Å². The summed E-state index contributed by atoms with van der Waals surface area (Å²) in [4.78, 5) is 14.9. The molecule has 0 aromatic heterocycles. The van der Waals surface area contributed by atoms with E-state index in [1.54, 1.807) is 24.8 Å². The van der Waals surface area contributed by atoms with Gasteiger partial charge in [0.25, 0.3) is 5.91 Å². The topological polar surface area (TPSA) is 79.0 Å². The van der Waals surface area contributed by atoms with Crippen molar-refractivity contribution in [3.05, 3.63) is 23.8 Å². The summed E-state index contributed by atoms with van der Waals surface area (Å²) < 4.78 is 32.2. The molecule has 1 aromatic carbocycles. The van der Waals surface area contributed by atoms with Gasteiger partial charge in [-0.1, -0.05) is 13.8 Å². The van der Waals surface area contributed by atoms with Crippen LogP contribution in [0.3, 0.4) is 0 Å². The van der Waals surface area contributed by atoms with Crippen LogP contribution in [0, 0.1) is 5.92 Å². The molecule has 26 heavy (non-hydrogen) atoms. The normalized spacial score (nSPS) is 17.7. The fourth-order valence-corrected chi connectivity index (χ4v) is 4.85. The lowest BCUT2D eigenvalue weighted by Crippen LogP contribution is -2.32. The maximum Gasteiger partial charge on any atom is 0.257 e. The summed E-state index contributed by atoms with van der Waals surface area (Å²) in [6.07, 6.45) is 0.937. The van der Waals surface area contributed by atoms with Crippen LogP contribution in [-0.2, 0) is 10.0 Å². The molecule has 1 aliphatic heterocycles. The molecule has 1 aliphatic rings. The number of likely N-dealkylation sites (tertiary alicyclic amines) is 1. The third kappa shape index (κ3) is 4.19. The monoisotopic (exact) mass is 383 g/mol. The zero-order chi connectivity index (χ0) is 19.3. The molecule has 0 aliphatic carbocycles. The minimum Gasteiger partial charge on any atom is -0.496 e. The van der Waals surface area contributed by atoms with Crippen LogP contribution < -0.4 is 10.1 Å². The molecule has 1 aromatic rings. The lowest BCUT2D eigenvalue weighted by Gasteiger charge is -2.21. The lowest BCUT2D eigenvalue weighted by atomic mass is 10.1. The minimum absolute atomic E-state index is 0.122. The van der Waals surface area contributed by atoms with Gasteiger partial charge in [0.2, 0.25) is 10.0 Å². The Bertz CT molecular complexity index is 732. The predicted octanol–water partition coefficient (Wildman–Crippen LogP) is 1.41. The van der Waals surface area contributed by atoms with E-state index in [1.165, 1.54) is 23.5 Å². The number of nitrogens with zero attached hydrogens (tertiary/aromatic N) is 2. The first-order valence-corrected chi connectivity index (χ1v) is 10.4. The summed E-state index contributed by atoms with van der Waals surface area (Å²) in [5.74, 6) is 0.625. The van der Waals surface area contributed by atoms with Crippen LogP contribution in [0.1, 0.15) is 30.6 Å². The Morgan fingerprint density at radius 3 is 2.62 bits per heavy atom. The van der Waals surface area contributed by atoms with Crippen LogP contribution in [0.15, 0.2) is 23.1 Å². The number of hydrogen-bond acceptors (Lipinski definition) is 5. The van der Waals surface area contributed by atoms with E-state index < -0.39 is 10.0 Å². The Morgan fingerprint density at radius 2 is 2.04 bits per heavy atom. The second kappa shape index (κ2) is 8.83. The zero-order valence-corrected chi connectivity index (χ0v) is 16.8. The number of nitrogens with one attached hydrogen (secondary N) is 1. The molecule has 0 saturated carbocycles. The van der Waals surface area contributed by atoms with Gasteiger partial charge in [-0.3, -0.25) is 4.79 Å². The lowest BCUT2D eigenvalue weighted by molar-refractivity contribution is 0.0783. The highest BCUT2D eigenvalue weighted by Crippen LogP contribution is 2.27. The van der Waals surface area contributed by atoms with Gasteiger partial charge in [-0.15, -0.1) is 0 Å². The molecule has 0 radical (unpaired) electrons. The van der Waals surface area contributed by atoms with E-state index in [-0.39, 0.29) is 10.8 Å². The number of sulfonamides is 1. The smallest absolute Gasteiger partial charge is 0.257 e. The molecule has 1 fully saturated rings. The molecule has 1 heterocycles. The van der Waals surface area contributed by atoms with Gasteiger partial charge in [-0.2, -0.15) is 4.31 Å². The SMILES string of the molecule is CCN(CC)S(=O)(=O)c1ccc(OC)c(C(=O)N2CCC(CNC)C2)c1. The Balaban J connectivity index is 2.35. The van der Waals surface area contributed by atoms with Gasteiger partial charge in [0.15, 0.2) is 0 Å². The van der Waals surface area contributed by atoms with Gasteiger partial charge >= 0.3 is 0 Å². The maximum atomic E-state index is 13.0. The zero-order valence-electron chi connectivity index (χ0n) is 16.0. The summed E-state index contributed by atoms with van der Waals surface area (Å²) in [7, 11) is -0.246. The standard InChI is InChI=1S/C18H29N3O4S/c1-5-21(6-2)26(23,24)15-7-8-17(25-4)16(11-15)18(22)20-10-9-14(13-20)12-19-3/h7-8,11,14,19H,5-6,9-10,12-13H2,1-4H3.